The normalized spacial score (nSPS) is 23.2. The number of anilines is 4. The number of β-amino-alcohol motifs (C(OH)–C–C–N with tert-alkyl or cyclic N) is 2. The third kappa shape index (κ3) is 10.9. The Labute approximate surface area is 403 Å². The number of aliphatic hydroxyl groups excluding tert-OH is 2. The van der Waals surface area contributed by atoms with Crippen molar-refractivity contribution in [3.8, 4) is 23.0 Å². The second kappa shape index (κ2) is 21.5. The standard InChI is InChI=1S/2C25H28ClFN4O3/c2*1-33-22-12-21-18(25(29-14-28-21)30-20-4-2-3-19(26)24(20)27)11-23(22)34-17-7-5-15(6-8-17)31-10-9-16(32)13-31/h2*2-4,11-12,14-17,32H,5-10,13H2,1H3,(H,28,29,30)/t2*15?,16-,17?/m11/s1. The molecule has 4 aromatic carbocycles. The van der Waals surface area contributed by atoms with Gasteiger partial charge in [-0.3, -0.25) is 9.80 Å². The van der Waals surface area contributed by atoms with Crippen LogP contribution in [0, 0.1) is 11.6 Å². The van der Waals surface area contributed by atoms with Gasteiger partial charge in [0.05, 0.1) is 71.1 Å². The van der Waals surface area contributed by atoms with Gasteiger partial charge in [0.2, 0.25) is 0 Å². The summed E-state index contributed by atoms with van der Waals surface area (Å²) in [6.45, 7) is 3.49. The first-order chi connectivity index (χ1) is 33.0. The highest BCUT2D eigenvalue weighted by atomic mass is 35.5. The van der Waals surface area contributed by atoms with Crippen LogP contribution in [0.25, 0.3) is 21.8 Å². The average Bonchev–Trinajstić information content (AvgIpc) is 4.00. The number of hydrogen-bond acceptors (Lipinski definition) is 14. The molecule has 0 unspecified atom stereocenters. The van der Waals surface area contributed by atoms with Gasteiger partial charge in [0.1, 0.15) is 24.3 Å². The van der Waals surface area contributed by atoms with Crippen LogP contribution in [0.1, 0.15) is 64.2 Å². The molecule has 2 atom stereocenters. The van der Waals surface area contributed by atoms with Crippen molar-refractivity contribution in [2.24, 2.45) is 0 Å². The van der Waals surface area contributed by atoms with Gasteiger partial charge in [0.25, 0.3) is 0 Å². The molecule has 4 N–H and O–H groups in total. The van der Waals surface area contributed by atoms with E-state index in [2.05, 4.69) is 40.4 Å². The zero-order valence-electron chi connectivity index (χ0n) is 38.0. The summed E-state index contributed by atoms with van der Waals surface area (Å²) in [6, 6.07) is 17.9. The molecule has 360 valence electrons. The van der Waals surface area contributed by atoms with E-state index in [-0.39, 0.29) is 45.8 Å². The van der Waals surface area contributed by atoms with E-state index < -0.39 is 11.6 Å². The summed E-state index contributed by atoms with van der Waals surface area (Å²) < 4.78 is 52.9. The minimum absolute atomic E-state index is 0.0353. The molecule has 6 aromatic rings. The van der Waals surface area contributed by atoms with Gasteiger partial charge in [-0.2, -0.15) is 0 Å². The fraction of sp³-hybridized carbons (Fsp3) is 0.440. The Balaban J connectivity index is 0.000000170. The van der Waals surface area contributed by atoms with Crippen LogP contribution in [0.2, 0.25) is 10.0 Å². The Bertz CT molecular complexity index is 2530. The second-order valence-corrected chi connectivity index (χ2v) is 18.7. The minimum Gasteiger partial charge on any atom is -0.493 e. The van der Waals surface area contributed by atoms with Crippen LogP contribution in [0.4, 0.5) is 31.8 Å². The highest BCUT2D eigenvalue weighted by Crippen LogP contribution is 2.40. The number of aromatic nitrogens is 4. The smallest absolute Gasteiger partial charge is 0.165 e. The van der Waals surface area contributed by atoms with Crippen molar-refractivity contribution >= 4 is 68.0 Å². The SMILES string of the molecule is COc1cc2ncnc(Nc3cccc(Cl)c3F)c2cc1OC1CCC(N2CC[C@@H](O)C2)CC1.COc1cc2ncnc(Nc3cccc(Cl)c3F)c2cc1OC1CCC(N2CC[C@@H](O)C2)CC1. The Morgan fingerprint density at radius 2 is 0.971 bits per heavy atom. The molecule has 18 heteroatoms. The molecule has 4 aliphatic rings. The molecule has 2 aliphatic heterocycles. The maximum Gasteiger partial charge on any atom is 0.165 e. The lowest BCUT2D eigenvalue weighted by Crippen LogP contribution is -2.39. The summed E-state index contributed by atoms with van der Waals surface area (Å²) in [5, 5.41) is 27.2. The predicted octanol–water partition coefficient (Wildman–Crippen LogP) is 9.86. The average molecular weight is 974 g/mol. The van der Waals surface area contributed by atoms with Gasteiger partial charge in [-0.15, -0.1) is 0 Å². The van der Waals surface area contributed by atoms with Crippen LogP contribution in [0.5, 0.6) is 23.0 Å². The lowest BCUT2D eigenvalue weighted by Gasteiger charge is -2.34. The van der Waals surface area contributed by atoms with Gasteiger partial charge in [0.15, 0.2) is 34.6 Å². The molecule has 0 bridgehead atoms. The van der Waals surface area contributed by atoms with E-state index in [4.69, 9.17) is 42.1 Å². The molecule has 0 spiro atoms. The molecule has 4 fully saturated rings. The Morgan fingerprint density at radius 1 is 0.559 bits per heavy atom. The zero-order valence-corrected chi connectivity index (χ0v) is 39.5. The number of fused-ring (bicyclic) bond motifs is 2. The lowest BCUT2D eigenvalue weighted by molar-refractivity contribution is 0.0886. The maximum absolute atomic E-state index is 14.5. The number of ether oxygens (including phenoxy) is 4. The number of hydrogen-bond donors (Lipinski definition) is 4. The number of rotatable bonds is 12. The molecule has 0 radical (unpaired) electrons. The van der Waals surface area contributed by atoms with Crippen LogP contribution >= 0.6 is 23.2 Å². The predicted molar refractivity (Wildman–Crippen MR) is 259 cm³/mol. The third-order valence-electron chi connectivity index (χ3n) is 13.5. The van der Waals surface area contributed by atoms with E-state index in [0.717, 1.165) is 90.4 Å². The van der Waals surface area contributed by atoms with Crippen molar-refractivity contribution in [1.82, 2.24) is 29.7 Å². The second-order valence-electron chi connectivity index (χ2n) is 17.9. The molecule has 2 saturated carbocycles. The molecule has 4 heterocycles. The molecule has 10 rings (SSSR count). The van der Waals surface area contributed by atoms with E-state index in [9.17, 15) is 19.0 Å². The number of benzene rings is 4. The van der Waals surface area contributed by atoms with Crippen molar-refractivity contribution in [1.29, 1.82) is 0 Å². The monoisotopic (exact) mass is 972 g/mol. The molecule has 2 saturated heterocycles. The summed E-state index contributed by atoms with van der Waals surface area (Å²) in [6.07, 6.45) is 12.2. The summed E-state index contributed by atoms with van der Waals surface area (Å²) in [4.78, 5) is 22.1. The zero-order chi connectivity index (χ0) is 47.3. The molecule has 2 aromatic heterocycles. The van der Waals surface area contributed by atoms with Gasteiger partial charge in [-0.05, 0) is 101 Å². The van der Waals surface area contributed by atoms with E-state index in [1.807, 2.05) is 24.3 Å². The summed E-state index contributed by atoms with van der Waals surface area (Å²) in [5.41, 5.74) is 1.77. The quantitative estimate of drug-likeness (QED) is 0.0918. The molecule has 14 nitrogen and oxygen atoms in total. The van der Waals surface area contributed by atoms with Gasteiger partial charge in [-0.25, -0.2) is 28.7 Å². The molecular weight excluding hydrogens is 918 g/mol. The Morgan fingerprint density at radius 3 is 1.34 bits per heavy atom. The topological polar surface area (TPSA) is 159 Å². The number of nitrogens with zero attached hydrogens (tertiary/aromatic N) is 6. The number of nitrogens with one attached hydrogen (secondary N) is 2. The summed E-state index contributed by atoms with van der Waals surface area (Å²) in [5.74, 6) is 2.24. The maximum atomic E-state index is 14.5. The van der Waals surface area contributed by atoms with Gasteiger partial charge < -0.3 is 39.8 Å². The van der Waals surface area contributed by atoms with Gasteiger partial charge >= 0.3 is 0 Å². The van der Waals surface area contributed by atoms with Crippen molar-refractivity contribution in [2.45, 2.75) is 101 Å². The van der Waals surface area contributed by atoms with Crippen LogP contribution in [0.15, 0.2) is 73.3 Å². The number of aliphatic hydroxyl groups is 2. The van der Waals surface area contributed by atoms with Crippen LogP contribution in [-0.4, -0.2) is 117 Å². The van der Waals surface area contributed by atoms with E-state index >= 15 is 0 Å². The van der Waals surface area contributed by atoms with Crippen molar-refractivity contribution in [2.75, 3.05) is 51.0 Å². The van der Waals surface area contributed by atoms with Crippen molar-refractivity contribution in [3.05, 3.63) is 95.0 Å². The molecule has 2 aliphatic carbocycles. The highest BCUT2D eigenvalue weighted by Gasteiger charge is 2.33. The highest BCUT2D eigenvalue weighted by molar-refractivity contribution is 6.31. The Hall–Kier alpha value is -5.36. The first-order valence-corrected chi connectivity index (χ1v) is 24.0. The van der Waals surface area contributed by atoms with Crippen molar-refractivity contribution in [3.63, 3.8) is 0 Å². The fourth-order valence-corrected chi connectivity index (χ4v) is 10.3. The third-order valence-corrected chi connectivity index (χ3v) is 14.1. The van der Waals surface area contributed by atoms with Gasteiger partial charge in [0, 0.05) is 61.2 Å². The Kier molecular flexibility index (Phi) is 15.1. The van der Waals surface area contributed by atoms with Crippen LogP contribution < -0.4 is 29.6 Å². The number of likely N-dealkylation sites (tertiary alicyclic amines) is 2. The largest absolute Gasteiger partial charge is 0.493 e. The summed E-state index contributed by atoms with van der Waals surface area (Å²) in [7, 11) is 3.20. The first kappa shape index (κ1) is 47.7. The first-order valence-electron chi connectivity index (χ1n) is 23.3. The number of methoxy groups -OCH3 is 2. The van der Waals surface area contributed by atoms with Gasteiger partial charge in [-0.1, -0.05) is 35.3 Å². The lowest BCUT2D eigenvalue weighted by atomic mass is 9.92. The van der Waals surface area contributed by atoms with Crippen LogP contribution in [0.3, 0.4) is 0 Å². The van der Waals surface area contributed by atoms with E-state index in [1.54, 1.807) is 38.5 Å². The molecular formula is C50H56Cl2F2N8O6. The van der Waals surface area contributed by atoms with Crippen molar-refractivity contribution < 1.29 is 37.9 Å². The van der Waals surface area contributed by atoms with E-state index in [0.29, 0.717) is 68.5 Å². The summed E-state index contributed by atoms with van der Waals surface area (Å²) >= 11 is 11.9. The number of halogens is 4. The molecule has 0 amide bonds. The van der Waals surface area contributed by atoms with E-state index in [1.165, 1.54) is 24.8 Å². The fourth-order valence-electron chi connectivity index (χ4n) is 9.90. The minimum atomic E-state index is -0.539. The van der Waals surface area contributed by atoms with Crippen LogP contribution in [-0.2, 0) is 0 Å². The molecule has 68 heavy (non-hydrogen) atoms.